The standard InChI is InChI=1S/C25H31FN2O5/c1-25(2)13-12-16-19(33-25)10-8-17(22(16)31-6)24(29)28(15-14-27(3)4)18-9-11-20(30-5)23(32-7)21(18)26/h8-13H,14-15H2,1-7H3. The van der Waals surface area contributed by atoms with Crippen LogP contribution < -0.4 is 23.8 Å². The summed E-state index contributed by atoms with van der Waals surface area (Å²) in [7, 11) is 8.06. The minimum Gasteiger partial charge on any atom is -0.495 e. The molecule has 0 bridgehead atoms. The van der Waals surface area contributed by atoms with Gasteiger partial charge in [-0.25, -0.2) is 4.39 Å². The summed E-state index contributed by atoms with van der Waals surface area (Å²) in [5, 5.41) is 0. The molecule has 1 aliphatic heterocycles. The van der Waals surface area contributed by atoms with E-state index in [1.807, 2.05) is 45.0 Å². The molecule has 0 atom stereocenters. The Hall–Kier alpha value is -3.26. The van der Waals surface area contributed by atoms with Gasteiger partial charge in [0.2, 0.25) is 0 Å². The molecule has 1 amide bonds. The van der Waals surface area contributed by atoms with Crippen LogP contribution >= 0.6 is 0 Å². The van der Waals surface area contributed by atoms with Crippen molar-refractivity contribution in [3.8, 4) is 23.0 Å². The van der Waals surface area contributed by atoms with Crippen LogP contribution in [0.25, 0.3) is 6.08 Å². The van der Waals surface area contributed by atoms with E-state index in [0.717, 1.165) is 0 Å². The lowest BCUT2D eigenvalue weighted by Crippen LogP contribution is -2.37. The average molecular weight is 459 g/mol. The van der Waals surface area contributed by atoms with Gasteiger partial charge in [-0.15, -0.1) is 0 Å². The van der Waals surface area contributed by atoms with E-state index in [9.17, 15) is 4.79 Å². The number of methoxy groups -OCH3 is 3. The molecule has 0 saturated carbocycles. The van der Waals surface area contributed by atoms with Gasteiger partial charge in [-0.05, 0) is 64.4 Å². The number of ether oxygens (including phenoxy) is 4. The van der Waals surface area contributed by atoms with E-state index in [2.05, 4.69) is 0 Å². The molecule has 7 nitrogen and oxygen atoms in total. The summed E-state index contributed by atoms with van der Waals surface area (Å²) >= 11 is 0. The van der Waals surface area contributed by atoms with Crippen molar-refractivity contribution >= 4 is 17.7 Å². The number of benzene rings is 2. The lowest BCUT2D eigenvalue weighted by molar-refractivity contribution is 0.0981. The quantitative estimate of drug-likeness (QED) is 0.590. The Bertz CT molecular complexity index is 1070. The molecular weight excluding hydrogens is 427 g/mol. The fourth-order valence-electron chi connectivity index (χ4n) is 3.68. The highest BCUT2D eigenvalue weighted by molar-refractivity contribution is 6.09. The molecule has 8 heteroatoms. The molecule has 0 spiro atoms. The minimum absolute atomic E-state index is 0.0615. The van der Waals surface area contributed by atoms with Crippen molar-refractivity contribution in [1.82, 2.24) is 4.90 Å². The van der Waals surface area contributed by atoms with E-state index in [-0.39, 0.29) is 23.7 Å². The number of halogens is 1. The second-order valence-electron chi connectivity index (χ2n) is 8.49. The van der Waals surface area contributed by atoms with E-state index >= 15 is 4.39 Å². The van der Waals surface area contributed by atoms with E-state index in [0.29, 0.717) is 29.2 Å². The van der Waals surface area contributed by atoms with Crippen LogP contribution in [0.15, 0.2) is 30.3 Å². The van der Waals surface area contributed by atoms with E-state index in [1.165, 1.54) is 32.3 Å². The van der Waals surface area contributed by atoms with Crippen molar-refractivity contribution in [3.63, 3.8) is 0 Å². The Kier molecular flexibility index (Phi) is 7.17. The topological polar surface area (TPSA) is 60.5 Å². The maximum absolute atomic E-state index is 15.4. The maximum atomic E-state index is 15.4. The van der Waals surface area contributed by atoms with E-state index in [4.69, 9.17) is 18.9 Å². The summed E-state index contributed by atoms with van der Waals surface area (Å²) in [6.07, 6.45) is 3.79. The SMILES string of the molecule is COc1ccc(N(CCN(C)C)C(=O)c2ccc3c(c2OC)C=CC(C)(C)O3)c(F)c1OC. The smallest absolute Gasteiger partial charge is 0.262 e. The van der Waals surface area contributed by atoms with Crippen molar-refractivity contribution in [1.29, 1.82) is 0 Å². The van der Waals surface area contributed by atoms with Gasteiger partial charge in [-0.3, -0.25) is 4.79 Å². The van der Waals surface area contributed by atoms with Crippen LogP contribution in [0, 0.1) is 5.82 Å². The summed E-state index contributed by atoms with van der Waals surface area (Å²) in [6, 6.07) is 6.48. The van der Waals surface area contributed by atoms with Crippen LogP contribution in [0.3, 0.4) is 0 Å². The van der Waals surface area contributed by atoms with Gasteiger partial charge < -0.3 is 28.7 Å². The number of carbonyl (C=O) groups excluding carboxylic acids is 1. The van der Waals surface area contributed by atoms with Gasteiger partial charge in [0.05, 0.1) is 38.1 Å². The van der Waals surface area contributed by atoms with Crippen LogP contribution in [0.5, 0.6) is 23.0 Å². The Balaban J connectivity index is 2.11. The number of hydrogen-bond donors (Lipinski definition) is 0. The number of nitrogens with zero attached hydrogens (tertiary/aromatic N) is 2. The van der Waals surface area contributed by atoms with E-state index in [1.54, 1.807) is 18.2 Å². The molecule has 3 rings (SSSR count). The second-order valence-corrected chi connectivity index (χ2v) is 8.49. The summed E-state index contributed by atoms with van der Waals surface area (Å²) in [4.78, 5) is 17.1. The Morgan fingerprint density at radius 1 is 1.00 bits per heavy atom. The third-order valence-corrected chi connectivity index (χ3v) is 5.39. The lowest BCUT2D eigenvalue weighted by atomic mass is 9.99. The Morgan fingerprint density at radius 2 is 1.70 bits per heavy atom. The summed E-state index contributed by atoms with van der Waals surface area (Å²) < 4.78 is 37.5. The van der Waals surface area contributed by atoms with Crippen LogP contribution in [0.2, 0.25) is 0 Å². The summed E-state index contributed by atoms with van der Waals surface area (Å²) in [5.74, 6) is 0.100. The summed E-state index contributed by atoms with van der Waals surface area (Å²) in [5.41, 5.74) is 0.594. The monoisotopic (exact) mass is 458 g/mol. The highest BCUT2D eigenvalue weighted by Crippen LogP contribution is 2.41. The number of carbonyl (C=O) groups is 1. The van der Waals surface area contributed by atoms with Crippen molar-refractivity contribution in [2.75, 3.05) is 53.4 Å². The fourth-order valence-corrected chi connectivity index (χ4v) is 3.68. The van der Waals surface area contributed by atoms with Gasteiger partial charge in [0.15, 0.2) is 17.3 Å². The molecule has 0 aliphatic carbocycles. The first-order chi connectivity index (χ1) is 15.6. The predicted octanol–water partition coefficient (Wildman–Crippen LogP) is 4.24. The molecular formula is C25H31FN2O5. The third-order valence-electron chi connectivity index (χ3n) is 5.39. The average Bonchev–Trinajstić information content (AvgIpc) is 2.77. The largest absolute Gasteiger partial charge is 0.495 e. The Labute approximate surface area is 194 Å². The summed E-state index contributed by atoms with van der Waals surface area (Å²) in [6.45, 7) is 4.66. The van der Waals surface area contributed by atoms with Crippen LogP contribution in [-0.2, 0) is 0 Å². The van der Waals surface area contributed by atoms with Crippen LogP contribution in [0.4, 0.5) is 10.1 Å². The van der Waals surface area contributed by atoms with Gasteiger partial charge >= 0.3 is 0 Å². The molecule has 0 unspecified atom stereocenters. The van der Waals surface area contributed by atoms with Crippen molar-refractivity contribution in [2.45, 2.75) is 19.4 Å². The van der Waals surface area contributed by atoms with Gasteiger partial charge in [0.1, 0.15) is 17.1 Å². The molecule has 0 fully saturated rings. The van der Waals surface area contributed by atoms with Gasteiger partial charge in [0, 0.05) is 13.1 Å². The molecule has 1 aliphatic rings. The number of rotatable bonds is 8. The Morgan fingerprint density at radius 3 is 2.30 bits per heavy atom. The third kappa shape index (κ3) is 4.90. The normalized spacial score (nSPS) is 13.8. The maximum Gasteiger partial charge on any atom is 0.262 e. The zero-order valence-electron chi connectivity index (χ0n) is 20.2. The highest BCUT2D eigenvalue weighted by Gasteiger charge is 2.30. The van der Waals surface area contributed by atoms with Gasteiger partial charge in [-0.2, -0.15) is 0 Å². The highest BCUT2D eigenvalue weighted by atomic mass is 19.1. The second kappa shape index (κ2) is 9.70. The molecule has 33 heavy (non-hydrogen) atoms. The zero-order chi connectivity index (χ0) is 24.3. The number of likely N-dealkylation sites (N-methyl/N-ethyl adjacent to an activating group) is 1. The fraction of sp³-hybridized carbons (Fsp3) is 0.400. The molecule has 2 aromatic carbocycles. The lowest BCUT2D eigenvalue weighted by Gasteiger charge is -2.30. The first-order valence-corrected chi connectivity index (χ1v) is 10.6. The molecule has 0 saturated heterocycles. The van der Waals surface area contributed by atoms with Crippen molar-refractivity contribution < 1.29 is 28.1 Å². The predicted molar refractivity (Wildman–Crippen MR) is 126 cm³/mol. The number of anilines is 1. The zero-order valence-corrected chi connectivity index (χ0v) is 20.2. The van der Waals surface area contributed by atoms with E-state index < -0.39 is 17.3 Å². The molecule has 0 radical (unpaired) electrons. The molecule has 178 valence electrons. The van der Waals surface area contributed by atoms with Gasteiger partial charge in [0.25, 0.3) is 5.91 Å². The van der Waals surface area contributed by atoms with Crippen LogP contribution in [0.1, 0.15) is 29.8 Å². The first-order valence-electron chi connectivity index (χ1n) is 10.6. The number of amides is 1. The minimum atomic E-state index is -0.675. The number of fused-ring (bicyclic) bond motifs is 1. The first kappa shape index (κ1) is 24.4. The molecule has 1 heterocycles. The van der Waals surface area contributed by atoms with Gasteiger partial charge in [-0.1, -0.05) is 0 Å². The van der Waals surface area contributed by atoms with Crippen molar-refractivity contribution in [3.05, 3.63) is 47.3 Å². The molecule has 0 N–H and O–H groups in total. The number of hydrogen-bond acceptors (Lipinski definition) is 6. The van der Waals surface area contributed by atoms with Crippen molar-refractivity contribution in [2.24, 2.45) is 0 Å². The molecule has 0 aromatic heterocycles. The van der Waals surface area contributed by atoms with Crippen LogP contribution in [-0.4, -0.2) is 64.9 Å². The molecule has 2 aromatic rings.